The number of primary amides is 5. The number of aliphatic carboxylic acids is 1. The third-order valence-corrected chi connectivity index (χ3v) is 19.2. The number of amides is 17. The molecule has 652 valence electrons. The lowest BCUT2D eigenvalue weighted by Gasteiger charge is -2.33. The highest BCUT2D eigenvalue weighted by atomic mass is 32.1. The first-order valence-corrected chi connectivity index (χ1v) is 38.8. The molecule has 27 N–H and O–H groups in total. The zero-order valence-corrected chi connectivity index (χ0v) is 69.2. The molecule has 40 nitrogen and oxygen atoms in total. The van der Waals surface area contributed by atoms with Crippen LogP contribution < -0.4 is 103 Å². The molecule has 0 saturated heterocycles. The molecule has 0 aliphatic carbocycles. The summed E-state index contributed by atoms with van der Waals surface area (Å²) in [7, 11) is 0. The second-order valence-corrected chi connectivity index (χ2v) is 32.6. The van der Waals surface area contributed by atoms with Gasteiger partial charge in [0.15, 0.2) is 0 Å². The Morgan fingerprint density at radius 1 is 0.458 bits per heavy atom. The summed E-state index contributed by atoms with van der Waals surface area (Å²) in [6.07, 6.45) is -6.69. The maximum absolute atomic E-state index is 15.4. The lowest BCUT2D eigenvalue weighted by atomic mass is 9.97. The second-order valence-electron chi connectivity index (χ2n) is 30.3. The van der Waals surface area contributed by atoms with Crippen LogP contribution in [0.25, 0.3) is 21.7 Å². The lowest BCUT2D eigenvalue weighted by molar-refractivity contribution is -0.139. The highest BCUT2D eigenvalue weighted by Crippen LogP contribution is 2.25. The van der Waals surface area contributed by atoms with E-state index >= 15 is 24.0 Å². The van der Waals surface area contributed by atoms with Crippen molar-refractivity contribution in [2.75, 3.05) is 13.2 Å². The topological polar surface area (TPSA) is 673 Å². The molecule has 0 fully saturated rings. The smallest absolute Gasteiger partial charge is 0.303 e. The SMILES string of the molecule is CC(=O)N[C@H](C(=O)N[C@@H](CCC(N)=O)C(=O)N[C@H](C(=O)N[C@@H](Cc1c[nH]c2ccccc12)C(=O)N[C@@H](CCC(N)=O)C(=O)N[C@H](C(=O)N[C@@H](Cc1ccc(OCCN)cc1)C(=O)N[C@@H](Cc1ccc2ccccc2c1)C(=O)NC(C)(C)C(=O)N[C@@H](CCC(=O)O)C(=O)N[C@@H](CC(N)=O)C(=O)N[C@@H](CC(N)=O)C(N)=O)C(C)(C)S)[C@@H](C)O)C(C)(C)S. The van der Waals surface area contributed by atoms with Gasteiger partial charge >= 0.3 is 5.97 Å². The number of ether oxygens (including phenoxy) is 1. The minimum absolute atomic E-state index is 0.115. The van der Waals surface area contributed by atoms with E-state index in [1.165, 1.54) is 47.7 Å². The summed E-state index contributed by atoms with van der Waals surface area (Å²) in [6, 6.07) is 5.91. The summed E-state index contributed by atoms with van der Waals surface area (Å²) >= 11 is 9.14. The Morgan fingerprint density at radius 3 is 1.43 bits per heavy atom. The van der Waals surface area contributed by atoms with Crippen LogP contribution in [0.3, 0.4) is 0 Å². The summed E-state index contributed by atoms with van der Waals surface area (Å²) in [6.45, 7) is 10.7. The van der Waals surface area contributed by atoms with E-state index in [1.54, 1.807) is 84.9 Å². The molecule has 5 aromatic rings. The standard InChI is InChI=1S/C78H107N19O21S2/c1-38(98)61(95-66(108)48(23-26-56(80)100)88-73(115)62(77(5,6)119)86-39(2)99)72(114)92-54(34-44-37-85-47-16-12-11-15-46(44)47)69(111)87-49(24-27-57(81)101)67(109)96-63(78(7,8)120)74(116)93-52(32-40-18-21-45(22-19-40)118-30-29-79)68(110)90-53(33-41-17-20-42-13-9-10-14-43(42)31-41)71(113)97-76(3,4)75(117)94-50(25-28-60(104)105)65(107)91-55(36-59(83)103)70(112)89-51(64(84)106)35-58(82)102/h9-22,31,37-38,48-55,61-63,85,98,119-120H,23-30,32-36,79H2,1-8H3,(H2,80,100)(H2,81,101)(H2,82,102)(H2,83,103)(H2,84,106)(H,86,99)(H,87,111)(H,88,115)(H,89,112)(H,90,110)(H,91,107)(H,92,114)(H,93,116)(H,94,117)(H,95,108)(H,96,109)(H,97,113)(H,104,105)/t38-,48+,49+,50+,51+,52+,53+,54+,55+,61+,62-,63-/m1/s1. The number of nitrogens with one attached hydrogen (secondary N) is 13. The van der Waals surface area contributed by atoms with Crippen LogP contribution >= 0.6 is 25.3 Å². The maximum atomic E-state index is 15.4. The number of hydrogen-bond acceptors (Lipinski definition) is 23. The largest absolute Gasteiger partial charge is 0.492 e. The van der Waals surface area contributed by atoms with E-state index in [-0.39, 0.29) is 32.4 Å². The number of thiol groups is 2. The van der Waals surface area contributed by atoms with Gasteiger partial charge in [0, 0.05) is 78.6 Å². The monoisotopic (exact) mass is 1710 g/mol. The van der Waals surface area contributed by atoms with E-state index in [4.69, 9.17) is 51.8 Å². The Balaban J connectivity index is 1.53. The van der Waals surface area contributed by atoms with E-state index in [1.807, 2.05) is 6.07 Å². The van der Waals surface area contributed by atoms with Gasteiger partial charge in [-0.05, 0) is 113 Å². The van der Waals surface area contributed by atoms with Crippen LogP contribution in [0.1, 0.15) is 123 Å². The number of aromatic amines is 1. The second kappa shape index (κ2) is 44.9. The fourth-order valence-corrected chi connectivity index (χ4v) is 12.6. The molecular weight excluding hydrogens is 1600 g/mol. The zero-order chi connectivity index (χ0) is 89.8. The zero-order valence-electron chi connectivity index (χ0n) is 67.4. The highest BCUT2D eigenvalue weighted by Gasteiger charge is 2.43. The number of aromatic nitrogens is 1. The molecule has 1 heterocycles. The van der Waals surface area contributed by atoms with Crippen molar-refractivity contribution in [1.29, 1.82) is 0 Å². The molecule has 5 rings (SSSR count). The number of H-pyrrole nitrogens is 1. The summed E-state index contributed by atoms with van der Waals surface area (Å²) < 4.78 is 2.80. The van der Waals surface area contributed by atoms with Gasteiger partial charge in [-0.2, -0.15) is 25.3 Å². The van der Waals surface area contributed by atoms with Crippen LogP contribution in [0.5, 0.6) is 5.75 Å². The average molecular weight is 1710 g/mol. The Morgan fingerprint density at radius 2 is 0.892 bits per heavy atom. The Bertz CT molecular complexity index is 4610. The van der Waals surface area contributed by atoms with E-state index in [0.717, 1.165) is 19.2 Å². The quantitative estimate of drug-likeness (QED) is 0.0163. The fourth-order valence-electron chi connectivity index (χ4n) is 12.2. The molecule has 17 amide bonds. The summed E-state index contributed by atoms with van der Waals surface area (Å²) in [5.74, 6) is -19.7. The van der Waals surface area contributed by atoms with Crippen LogP contribution in [-0.4, -0.2) is 222 Å². The first kappa shape index (κ1) is 98.1. The number of carboxylic acids is 1. The van der Waals surface area contributed by atoms with Crippen molar-refractivity contribution >= 4 is 153 Å². The number of aliphatic hydroxyl groups is 1. The van der Waals surface area contributed by atoms with Crippen molar-refractivity contribution in [1.82, 2.24) is 68.8 Å². The average Bonchev–Trinajstić information content (AvgIpc) is 1.01. The van der Waals surface area contributed by atoms with Gasteiger partial charge in [-0.25, -0.2) is 0 Å². The van der Waals surface area contributed by atoms with Gasteiger partial charge in [0.2, 0.25) is 100 Å². The first-order chi connectivity index (χ1) is 56.1. The van der Waals surface area contributed by atoms with Crippen LogP contribution in [0.4, 0.5) is 0 Å². The lowest BCUT2D eigenvalue weighted by Crippen LogP contribution is -2.64. The molecule has 1 aromatic heterocycles. The summed E-state index contributed by atoms with van der Waals surface area (Å²) in [5.41, 5.74) is 32.3. The number of aliphatic hydroxyl groups excluding tert-OH is 1. The van der Waals surface area contributed by atoms with Gasteiger partial charge < -0.3 is 118 Å². The van der Waals surface area contributed by atoms with Crippen LogP contribution in [0.2, 0.25) is 0 Å². The van der Waals surface area contributed by atoms with E-state index in [2.05, 4.69) is 81.4 Å². The highest BCUT2D eigenvalue weighted by molar-refractivity contribution is 7.82. The maximum Gasteiger partial charge on any atom is 0.303 e. The number of para-hydroxylation sites is 1. The van der Waals surface area contributed by atoms with Gasteiger partial charge in [-0.15, -0.1) is 0 Å². The number of carbonyl (C=O) groups excluding carboxylic acids is 17. The number of rotatable bonds is 49. The van der Waals surface area contributed by atoms with Gasteiger partial charge in [-0.1, -0.05) is 72.8 Å². The van der Waals surface area contributed by atoms with Gasteiger partial charge in [0.25, 0.3) is 0 Å². The van der Waals surface area contributed by atoms with E-state index in [0.29, 0.717) is 38.7 Å². The minimum Gasteiger partial charge on any atom is -0.492 e. The predicted molar refractivity (Wildman–Crippen MR) is 442 cm³/mol. The van der Waals surface area contributed by atoms with Crippen molar-refractivity contribution in [3.05, 3.63) is 114 Å². The normalized spacial score (nSPS) is 14.5. The molecule has 120 heavy (non-hydrogen) atoms. The third kappa shape index (κ3) is 31.5. The van der Waals surface area contributed by atoms with Gasteiger partial charge in [0.05, 0.1) is 18.9 Å². The van der Waals surface area contributed by atoms with Crippen LogP contribution in [0, 0.1) is 0 Å². The number of nitrogens with two attached hydrogens (primary N) is 6. The molecule has 42 heteroatoms. The number of benzene rings is 4. The molecule has 12 atom stereocenters. The van der Waals surface area contributed by atoms with Gasteiger partial charge in [0.1, 0.15) is 84.4 Å². The minimum atomic E-state index is -2.12. The Labute approximate surface area is 700 Å². The van der Waals surface area contributed by atoms with E-state index in [9.17, 15) is 72.5 Å². The molecule has 4 aromatic carbocycles. The molecule has 0 aliphatic rings. The van der Waals surface area contributed by atoms with Crippen LogP contribution in [-0.2, 0) is 106 Å². The molecule has 0 radical (unpaired) electrons. The van der Waals surface area contributed by atoms with E-state index < -0.39 is 245 Å². The number of carboxylic acid groups (broad SMARTS) is 1. The van der Waals surface area contributed by atoms with Crippen LogP contribution in [0.15, 0.2) is 97.2 Å². The van der Waals surface area contributed by atoms with Crippen molar-refractivity contribution in [3.63, 3.8) is 0 Å². The first-order valence-electron chi connectivity index (χ1n) is 37.9. The number of hydrogen-bond donors (Lipinski definition) is 23. The molecule has 0 aliphatic heterocycles. The summed E-state index contributed by atoms with van der Waals surface area (Å²) in [4.78, 5) is 248. The number of carbonyl (C=O) groups is 18. The Kier molecular flexibility index (Phi) is 36.7. The van der Waals surface area contributed by atoms with Crippen molar-refractivity contribution < 1.29 is 101 Å². The molecule has 0 unspecified atom stereocenters. The van der Waals surface area contributed by atoms with Crippen molar-refractivity contribution in [3.8, 4) is 5.75 Å². The molecule has 0 spiro atoms. The number of fused-ring (bicyclic) bond motifs is 2. The molecular formula is C78H107N19O21S2. The Hall–Kier alpha value is -12.4. The fraction of sp³-hybridized carbons (Fsp3) is 0.462. The van der Waals surface area contributed by atoms with Crippen molar-refractivity contribution in [2.45, 2.75) is 214 Å². The molecule has 0 saturated carbocycles. The molecule has 0 bridgehead atoms. The summed E-state index contributed by atoms with van der Waals surface area (Å²) in [5, 5.41) is 52.3. The van der Waals surface area contributed by atoms with Gasteiger partial charge in [-0.3, -0.25) is 86.3 Å². The predicted octanol–water partition coefficient (Wildman–Crippen LogP) is -4.64. The van der Waals surface area contributed by atoms with Crippen molar-refractivity contribution in [2.24, 2.45) is 34.4 Å². The third-order valence-electron chi connectivity index (χ3n) is 18.6.